The Morgan fingerprint density at radius 2 is 1.93 bits per heavy atom. The van der Waals surface area contributed by atoms with E-state index in [0.717, 1.165) is 0 Å². The molecule has 0 saturated heterocycles. The summed E-state index contributed by atoms with van der Waals surface area (Å²) in [5.41, 5.74) is 9.50. The van der Waals surface area contributed by atoms with Crippen molar-refractivity contribution in [3.63, 3.8) is 0 Å². The van der Waals surface area contributed by atoms with Crippen LogP contribution < -0.4 is 5.73 Å². The Labute approximate surface area is 92.1 Å². The number of benzene rings is 1. The minimum Gasteiger partial charge on any atom is -0.396 e. The summed E-state index contributed by atoms with van der Waals surface area (Å²) in [6.07, 6.45) is 0.714. The molecule has 0 saturated carbocycles. The largest absolute Gasteiger partial charge is 0.396 e. The van der Waals surface area contributed by atoms with Gasteiger partial charge in [-0.3, -0.25) is 0 Å². The van der Waals surface area contributed by atoms with Gasteiger partial charge in [0.2, 0.25) is 0 Å². The Kier molecular flexibility index (Phi) is 3.89. The van der Waals surface area contributed by atoms with Crippen molar-refractivity contribution in [1.82, 2.24) is 0 Å². The minimum atomic E-state index is -0.104. The van der Waals surface area contributed by atoms with Gasteiger partial charge in [-0.25, -0.2) is 0 Å². The van der Waals surface area contributed by atoms with Gasteiger partial charge in [0, 0.05) is 18.6 Å². The van der Waals surface area contributed by atoms with Crippen LogP contribution in [0.3, 0.4) is 0 Å². The first-order valence-electron chi connectivity index (χ1n) is 5.42. The summed E-state index contributed by atoms with van der Waals surface area (Å²) in [5.74, 6) is 0. The van der Waals surface area contributed by atoms with Crippen LogP contribution in [0.15, 0.2) is 18.2 Å². The number of hydrogen-bond donors (Lipinski definition) is 2. The second-order valence-electron chi connectivity index (χ2n) is 4.54. The van der Waals surface area contributed by atoms with E-state index in [1.165, 1.54) is 16.7 Å². The molecule has 1 unspecified atom stereocenters. The number of aryl methyl sites for hydroxylation is 2. The maximum absolute atomic E-state index is 9.06. The van der Waals surface area contributed by atoms with Gasteiger partial charge >= 0.3 is 0 Å². The van der Waals surface area contributed by atoms with Crippen molar-refractivity contribution >= 4 is 0 Å². The summed E-state index contributed by atoms with van der Waals surface area (Å²) in [7, 11) is 0. The Morgan fingerprint density at radius 3 is 2.40 bits per heavy atom. The molecular weight excluding hydrogens is 186 g/mol. The van der Waals surface area contributed by atoms with Gasteiger partial charge in [0.25, 0.3) is 0 Å². The lowest BCUT2D eigenvalue weighted by molar-refractivity contribution is 0.247. The normalized spacial score (nSPS) is 15.0. The van der Waals surface area contributed by atoms with Crippen molar-refractivity contribution in [3.05, 3.63) is 34.9 Å². The highest BCUT2D eigenvalue weighted by atomic mass is 16.3. The minimum absolute atomic E-state index is 0.104. The third-order valence-corrected chi connectivity index (χ3v) is 3.32. The number of hydrogen-bond acceptors (Lipinski definition) is 2. The number of aliphatic hydroxyl groups is 1. The summed E-state index contributed by atoms with van der Waals surface area (Å²) in [4.78, 5) is 0. The summed E-state index contributed by atoms with van der Waals surface area (Å²) >= 11 is 0. The lowest BCUT2D eigenvalue weighted by Gasteiger charge is -2.28. The van der Waals surface area contributed by atoms with Gasteiger partial charge in [0.1, 0.15) is 0 Å². The fourth-order valence-corrected chi connectivity index (χ4v) is 1.73. The van der Waals surface area contributed by atoms with Crippen molar-refractivity contribution in [3.8, 4) is 0 Å². The highest BCUT2D eigenvalue weighted by Crippen LogP contribution is 2.27. The van der Waals surface area contributed by atoms with Crippen LogP contribution in [0.2, 0.25) is 0 Å². The fourth-order valence-electron chi connectivity index (χ4n) is 1.73. The molecule has 0 radical (unpaired) electrons. The number of rotatable bonds is 4. The van der Waals surface area contributed by atoms with E-state index < -0.39 is 0 Å². The molecule has 0 aliphatic carbocycles. The Hall–Kier alpha value is -0.860. The zero-order chi connectivity index (χ0) is 11.5. The molecule has 1 aromatic carbocycles. The van der Waals surface area contributed by atoms with Gasteiger partial charge in [-0.05, 0) is 37.0 Å². The fraction of sp³-hybridized carbons (Fsp3) is 0.538. The SMILES string of the molecule is Cc1ccc(C(C)(CN)CCO)cc1C. The Morgan fingerprint density at radius 1 is 1.27 bits per heavy atom. The van der Waals surface area contributed by atoms with Crippen molar-refractivity contribution < 1.29 is 5.11 Å². The van der Waals surface area contributed by atoms with E-state index in [0.29, 0.717) is 13.0 Å². The molecule has 2 nitrogen and oxygen atoms in total. The maximum Gasteiger partial charge on any atom is 0.0439 e. The number of aliphatic hydroxyl groups excluding tert-OH is 1. The lowest BCUT2D eigenvalue weighted by atomic mass is 9.79. The van der Waals surface area contributed by atoms with Crippen LogP contribution in [0.5, 0.6) is 0 Å². The second kappa shape index (κ2) is 4.77. The third kappa shape index (κ3) is 2.58. The molecule has 15 heavy (non-hydrogen) atoms. The molecule has 1 atom stereocenters. The van der Waals surface area contributed by atoms with E-state index >= 15 is 0 Å². The summed E-state index contributed by atoms with van der Waals surface area (Å²) in [6.45, 7) is 7.06. The van der Waals surface area contributed by atoms with Crippen molar-refractivity contribution in [1.29, 1.82) is 0 Å². The smallest absolute Gasteiger partial charge is 0.0439 e. The molecule has 0 aromatic heterocycles. The van der Waals surface area contributed by atoms with Crippen molar-refractivity contribution in [2.75, 3.05) is 13.2 Å². The van der Waals surface area contributed by atoms with E-state index in [1.54, 1.807) is 0 Å². The van der Waals surface area contributed by atoms with Crippen LogP contribution in [0, 0.1) is 13.8 Å². The van der Waals surface area contributed by atoms with E-state index in [1.807, 2.05) is 0 Å². The van der Waals surface area contributed by atoms with Gasteiger partial charge in [0.05, 0.1) is 0 Å². The van der Waals surface area contributed by atoms with E-state index in [-0.39, 0.29) is 12.0 Å². The Balaban J connectivity index is 3.07. The van der Waals surface area contributed by atoms with E-state index in [2.05, 4.69) is 39.0 Å². The van der Waals surface area contributed by atoms with Gasteiger partial charge in [-0.15, -0.1) is 0 Å². The molecular formula is C13H21NO. The number of nitrogens with two attached hydrogens (primary N) is 1. The second-order valence-corrected chi connectivity index (χ2v) is 4.54. The lowest BCUT2D eigenvalue weighted by Crippen LogP contribution is -2.33. The summed E-state index contributed by atoms with van der Waals surface area (Å²) in [5, 5.41) is 9.06. The molecule has 0 aliphatic heterocycles. The van der Waals surface area contributed by atoms with Crippen LogP contribution in [-0.2, 0) is 5.41 Å². The quantitative estimate of drug-likeness (QED) is 0.792. The Bertz CT molecular complexity index is 335. The van der Waals surface area contributed by atoms with Crippen molar-refractivity contribution in [2.45, 2.75) is 32.6 Å². The average molecular weight is 207 g/mol. The third-order valence-electron chi connectivity index (χ3n) is 3.32. The first kappa shape index (κ1) is 12.2. The molecule has 3 N–H and O–H groups in total. The topological polar surface area (TPSA) is 46.2 Å². The first-order valence-corrected chi connectivity index (χ1v) is 5.42. The van der Waals surface area contributed by atoms with E-state index in [4.69, 9.17) is 10.8 Å². The molecule has 84 valence electrons. The highest BCUT2D eigenvalue weighted by molar-refractivity contribution is 5.34. The molecule has 0 amide bonds. The molecule has 0 aliphatic rings. The molecule has 0 spiro atoms. The van der Waals surface area contributed by atoms with Crippen LogP contribution in [0.4, 0.5) is 0 Å². The zero-order valence-corrected chi connectivity index (χ0v) is 9.88. The van der Waals surface area contributed by atoms with Crippen LogP contribution in [0.25, 0.3) is 0 Å². The predicted octanol–water partition coefficient (Wildman–Crippen LogP) is 1.90. The zero-order valence-electron chi connectivity index (χ0n) is 9.88. The van der Waals surface area contributed by atoms with Crippen LogP contribution in [-0.4, -0.2) is 18.3 Å². The monoisotopic (exact) mass is 207 g/mol. The van der Waals surface area contributed by atoms with Gasteiger partial charge in [0.15, 0.2) is 0 Å². The molecule has 2 heteroatoms. The standard InChI is InChI=1S/C13H21NO/c1-10-4-5-12(8-11(10)2)13(3,9-14)6-7-15/h4-5,8,15H,6-7,9,14H2,1-3H3. The van der Waals surface area contributed by atoms with E-state index in [9.17, 15) is 0 Å². The molecule has 1 rings (SSSR count). The first-order chi connectivity index (χ1) is 7.03. The van der Waals surface area contributed by atoms with Gasteiger partial charge in [-0.1, -0.05) is 25.1 Å². The molecule has 0 fully saturated rings. The summed E-state index contributed by atoms with van der Waals surface area (Å²) < 4.78 is 0. The van der Waals surface area contributed by atoms with Crippen molar-refractivity contribution in [2.24, 2.45) is 5.73 Å². The van der Waals surface area contributed by atoms with Gasteiger partial charge in [-0.2, -0.15) is 0 Å². The van der Waals surface area contributed by atoms with Gasteiger partial charge < -0.3 is 10.8 Å². The molecule has 0 heterocycles. The predicted molar refractivity (Wildman–Crippen MR) is 64.0 cm³/mol. The van der Waals surface area contributed by atoms with Crippen LogP contribution in [0.1, 0.15) is 30.0 Å². The molecule has 1 aromatic rings. The maximum atomic E-state index is 9.06. The highest BCUT2D eigenvalue weighted by Gasteiger charge is 2.24. The average Bonchev–Trinajstić information content (AvgIpc) is 2.22. The summed E-state index contributed by atoms with van der Waals surface area (Å²) in [6, 6.07) is 6.42. The molecule has 0 bridgehead atoms. The van der Waals surface area contributed by atoms with Crippen LogP contribution >= 0.6 is 0 Å².